The Morgan fingerprint density at radius 2 is 1.16 bits per heavy atom. The zero-order valence-electron chi connectivity index (χ0n) is 13.2. The maximum atomic E-state index is 5.60. The average molecular weight is 287 g/mol. The maximum Gasteiger partial charge on any atom is 0.159 e. The number of rotatable bonds is 14. The quantitative estimate of drug-likeness (QED) is 0.268. The van der Waals surface area contributed by atoms with E-state index in [0.29, 0.717) is 0 Å². The molecule has 0 saturated heterocycles. The van der Waals surface area contributed by atoms with Crippen LogP contribution in [0.25, 0.3) is 0 Å². The average Bonchev–Trinajstić information content (AvgIpc) is 2.42. The summed E-state index contributed by atoms with van der Waals surface area (Å²) >= 11 is 5.23. The first kappa shape index (κ1) is 18.9. The van der Waals surface area contributed by atoms with Gasteiger partial charge in [0.25, 0.3) is 0 Å². The number of hydrogen-bond acceptors (Lipinski definition) is 2. The highest BCUT2D eigenvalue weighted by Crippen LogP contribution is 2.09. The molecular weight excluding hydrogens is 252 g/mol. The van der Waals surface area contributed by atoms with Crippen molar-refractivity contribution in [3.05, 3.63) is 0 Å². The van der Waals surface area contributed by atoms with Gasteiger partial charge in [-0.1, -0.05) is 78.1 Å². The molecule has 0 atom stereocenters. The summed E-state index contributed by atoms with van der Waals surface area (Å²) in [5, 5.41) is 0.832. The van der Waals surface area contributed by atoms with Crippen LogP contribution in [0.2, 0.25) is 0 Å². The summed E-state index contributed by atoms with van der Waals surface area (Å²) in [6.07, 6.45) is 16.8. The van der Waals surface area contributed by atoms with Gasteiger partial charge in [0.1, 0.15) is 0 Å². The predicted molar refractivity (Wildman–Crippen MR) is 89.9 cm³/mol. The Kier molecular flexibility index (Phi) is 15.9. The zero-order chi connectivity index (χ0) is 14.2. The largest absolute Gasteiger partial charge is 0.487 e. The van der Waals surface area contributed by atoms with E-state index < -0.39 is 0 Å². The molecule has 0 fully saturated rings. The first-order valence-corrected chi connectivity index (χ1v) is 8.87. The van der Waals surface area contributed by atoms with E-state index in [1.165, 1.54) is 77.0 Å². The molecule has 0 aliphatic carbocycles. The van der Waals surface area contributed by atoms with Gasteiger partial charge in [-0.2, -0.15) is 0 Å². The predicted octanol–water partition coefficient (Wildman–Crippen LogP) is 6.44. The van der Waals surface area contributed by atoms with Crippen LogP contribution < -0.4 is 0 Å². The molecule has 0 heterocycles. The van der Waals surface area contributed by atoms with Gasteiger partial charge in [0.15, 0.2) is 5.05 Å². The van der Waals surface area contributed by atoms with E-state index in [-0.39, 0.29) is 0 Å². The zero-order valence-corrected chi connectivity index (χ0v) is 14.0. The number of unbranched alkanes of at least 4 members (excludes halogenated alkanes) is 10. The van der Waals surface area contributed by atoms with Crippen LogP contribution in [0.5, 0.6) is 0 Å². The molecule has 1 nitrogen and oxygen atoms in total. The second-order valence-corrected chi connectivity index (χ2v) is 5.96. The van der Waals surface area contributed by atoms with Crippen LogP contribution in [0.15, 0.2) is 0 Å². The van der Waals surface area contributed by atoms with Gasteiger partial charge in [-0.15, -0.1) is 0 Å². The highest BCUT2D eigenvalue weighted by Gasteiger charge is 1.98. The normalized spacial score (nSPS) is 10.6. The Morgan fingerprint density at radius 1 is 0.684 bits per heavy atom. The van der Waals surface area contributed by atoms with Crippen LogP contribution in [0, 0.1) is 0 Å². The highest BCUT2D eigenvalue weighted by atomic mass is 32.1. The Hall–Kier alpha value is -0.110. The summed E-state index contributed by atoms with van der Waals surface area (Å²) in [6.45, 7) is 5.33. The van der Waals surface area contributed by atoms with Crippen molar-refractivity contribution in [2.75, 3.05) is 6.61 Å². The van der Waals surface area contributed by atoms with Crippen molar-refractivity contribution in [1.29, 1.82) is 0 Å². The smallest absolute Gasteiger partial charge is 0.159 e. The van der Waals surface area contributed by atoms with E-state index in [1.54, 1.807) is 0 Å². The third-order valence-corrected chi connectivity index (χ3v) is 3.82. The van der Waals surface area contributed by atoms with Crippen LogP contribution in [-0.4, -0.2) is 11.7 Å². The lowest BCUT2D eigenvalue weighted by molar-refractivity contribution is 0.290. The molecule has 0 N–H and O–H groups in total. The highest BCUT2D eigenvalue weighted by molar-refractivity contribution is 7.80. The number of ether oxygens (including phenoxy) is 1. The molecule has 0 aromatic carbocycles. The molecule has 19 heavy (non-hydrogen) atoms. The second-order valence-electron chi connectivity index (χ2n) is 5.51. The molecule has 0 aliphatic heterocycles. The Balaban J connectivity index is 3.10. The van der Waals surface area contributed by atoms with Gasteiger partial charge >= 0.3 is 0 Å². The lowest BCUT2D eigenvalue weighted by Gasteiger charge is -2.07. The molecule has 0 radical (unpaired) electrons. The van der Waals surface area contributed by atoms with Crippen molar-refractivity contribution in [1.82, 2.24) is 0 Å². The first-order chi connectivity index (χ1) is 9.31. The standard InChI is InChI=1S/C17H34OS/c1-3-5-7-9-10-11-12-14-16-18-17(19)15-13-8-6-4-2/h3-16H2,1-2H3. The van der Waals surface area contributed by atoms with Gasteiger partial charge in [-0.3, -0.25) is 0 Å². The van der Waals surface area contributed by atoms with Crippen molar-refractivity contribution in [3.63, 3.8) is 0 Å². The fourth-order valence-electron chi connectivity index (χ4n) is 2.19. The summed E-state index contributed by atoms with van der Waals surface area (Å²) < 4.78 is 5.60. The monoisotopic (exact) mass is 286 g/mol. The topological polar surface area (TPSA) is 9.23 Å². The van der Waals surface area contributed by atoms with E-state index in [1.807, 2.05) is 0 Å². The lowest BCUT2D eigenvalue weighted by Crippen LogP contribution is -2.03. The summed E-state index contributed by atoms with van der Waals surface area (Å²) in [5.41, 5.74) is 0. The number of hydrogen-bond donors (Lipinski definition) is 0. The third-order valence-electron chi connectivity index (χ3n) is 3.50. The molecule has 0 amide bonds. The lowest BCUT2D eigenvalue weighted by atomic mass is 10.1. The third kappa shape index (κ3) is 15.8. The van der Waals surface area contributed by atoms with Crippen molar-refractivity contribution in [2.24, 2.45) is 0 Å². The molecule has 0 spiro atoms. The molecule has 0 unspecified atom stereocenters. The van der Waals surface area contributed by atoms with E-state index in [9.17, 15) is 0 Å². The van der Waals surface area contributed by atoms with E-state index in [2.05, 4.69) is 13.8 Å². The van der Waals surface area contributed by atoms with Gasteiger partial charge in [0.05, 0.1) is 6.61 Å². The maximum absolute atomic E-state index is 5.60. The van der Waals surface area contributed by atoms with Gasteiger partial charge in [-0.25, -0.2) is 0 Å². The van der Waals surface area contributed by atoms with Crippen molar-refractivity contribution in [3.8, 4) is 0 Å². The fourth-order valence-corrected chi connectivity index (χ4v) is 2.42. The summed E-state index contributed by atoms with van der Waals surface area (Å²) in [6, 6.07) is 0. The molecule has 0 aromatic heterocycles. The van der Waals surface area contributed by atoms with Crippen molar-refractivity contribution in [2.45, 2.75) is 97.3 Å². The first-order valence-electron chi connectivity index (χ1n) is 8.46. The molecule has 114 valence electrons. The molecule has 0 rings (SSSR count). The minimum absolute atomic E-state index is 0.832. The molecule has 0 aliphatic rings. The molecule has 0 bridgehead atoms. The summed E-state index contributed by atoms with van der Waals surface area (Å²) in [7, 11) is 0. The van der Waals surface area contributed by atoms with Crippen molar-refractivity contribution >= 4 is 17.3 Å². The van der Waals surface area contributed by atoms with Gasteiger partial charge in [0, 0.05) is 6.42 Å². The van der Waals surface area contributed by atoms with Crippen LogP contribution in [0.4, 0.5) is 0 Å². The van der Waals surface area contributed by atoms with Gasteiger partial charge in [0.2, 0.25) is 0 Å². The Morgan fingerprint density at radius 3 is 1.74 bits per heavy atom. The van der Waals surface area contributed by atoms with Gasteiger partial charge in [-0.05, 0) is 25.1 Å². The molecular formula is C17H34OS. The summed E-state index contributed by atoms with van der Waals surface area (Å²) in [5.74, 6) is 0. The van der Waals surface area contributed by atoms with Crippen LogP contribution in [0.3, 0.4) is 0 Å². The minimum Gasteiger partial charge on any atom is -0.487 e. The molecule has 0 aromatic rings. The SMILES string of the molecule is CCCCCCCCCCOC(=S)CCCCCC. The van der Waals surface area contributed by atoms with E-state index >= 15 is 0 Å². The van der Waals surface area contributed by atoms with Crippen molar-refractivity contribution < 1.29 is 4.74 Å². The Bertz CT molecular complexity index is 192. The van der Waals surface area contributed by atoms with E-state index in [4.69, 9.17) is 17.0 Å². The van der Waals surface area contributed by atoms with Crippen LogP contribution in [0.1, 0.15) is 97.3 Å². The number of thiocarbonyl (C=S) groups is 1. The van der Waals surface area contributed by atoms with E-state index in [0.717, 1.165) is 18.1 Å². The second kappa shape index (κ2) is 15.9. The molecule has 2 heteroatoms. The minimum atomic E-state index is 0.832. The fraction of sp³-hybridized carbons (Fsp3) is 0.941. The summed E-state index contributed by atoms with van der Waals surface area (Å²) in [4.78, 5) is 0. The van der Waals surface area contributed by atoms with Gasteiger partial charge < -0.3 is 4.74 Å². The Labute approximate surface area is 126 Å². The van der Waals surface area contributed by atoms with Crippen LogP contribution in [-0.2, 0) is 4.74 Å². The molecule has 0 saturated carbocycles. The van der Waals surface area contributed by atoms with Crippen LogP contribution >= 0.6 is 12.2 Å².